The maximum atomic E-state index is 5.27. The Morgan fingerprint density at radius 3 is 2.91 bits per heavy atom. The summed E-state index contributed by atoms with van der Waals surface area (Å²) in [6.07, 6.45) is 0. The highest BCUT2D eigenvalue weighted by Gasteiger charge is 2.00. The molecule has 0 saturated heterocycles. The molecular formula is C7H4BNOS. The molecule has 0 aliphatic carbocycles. The number of hydrogen-bond donors (Lipinski definition) is 0. The van der Waals surface area contributed by atoms with Crippen LogP contribution in [0.4, 0.5) is 0 Å². The lowest BCUT2D eigenvalue weighted by molar-refractivity contribution is 0.491. The predicted octanol–water partition coefficient (Wildman–Crippen LogP) is 2.00. The van der Waals surface area contributed by atoms with Crippen LogP contribution in [0.15, 0.2) is 33.9 Å². The van der Waals surface area contributed by atoms with Crippen LogP contribution in [0, 0.1) is 0 Å². The summed E-state index contributed by atoms with van der Waals surface area (Å²) in [5, 5.41) is 0.506. The summed E-state index contributed by atoms with van der Waals surface area (Å²) in [5.41, 5.74) is 1.63. The fraction of sp³-hybridized carbons (Fsp3) is 0. The Kier molecular flexibility index (Phi) is 1.62. The van der Waals surface area contributed by atoms with E-state index in [1.165, 1.54) is 0 Å². The minimum absolute atomic E-state index is 0.506. The topological polar surface area (TPSA) is 26.0 Å². The Morgan fingerprint density at radius 1 is 1.36 bits per heavy atom. The molecule has 0 atom stereocenters. The van der Waals surface area contributed by atoms with Gasteiger partial charge in [-0.2, -0.15) is 0 Å². The van der Waals surface area contributed by atoms with Crippen molar-refractivity contribution in [1.29, 1.82) is 0 Å². The van der Waals surface area contributed by atoms with Gasteiger partial charge < -0.3 is 4.42 Å². The van der Waals surface area contributed by atoms with Gasteiger partial charge in [0.2, 0.25) is 5.22 Å². The highest BCUT2D eigenvalue weighted by Crippen LogP contribution is 2.19. The van der Waals surface area contributed by atoms with Gasteiger partial charge in [-0.1, -0.05) is 12.1 Å². The molecule has 0 bridgehead atoms. The molecule has 0 aliphatic rings. The molecule has 4 heteroatoms. The number of rotatable bonds is 1. The van der Waals surface area contributed by atoms with Crippen molar-refractivity contribution in [1.82, 2.24) is 4.98 Å². The van der Waals surface area contributed by atoms with Crippen molar-refractivity contribution in [3.8, 4) is 0 Å². The van der Waals surface area contributed by atoms with E-state index in [1.54, 1.807) is 0 Å². The van der Waals surface area contributed by atoms with Gasteiger partial charge in [0, 0.05) is 0 Å². The number of aromatic nitrogens is 1. The number of nitrogens with zero attached hydrogens (tertiary/aromatic N) is 1. The zero-order valence-corrected chi connectivity index (χ0v) is 6.47. The third-order valence-electron chi connectivity index (χ3n) is 1.38. The van der Waals surface area contributed by atoms with E-state index in [-0.39, 0.29) is 0 Å². The van der Waals surface area contributed by atoms with Crippen molar-refractivity contribution in [2.24, 2.45) is 0 Å². The summed E-state index contributed by atoms with van der Waals surface area (Å²) >= 11 is 1.02. The fourth-order valence-corrected chi connectivity index (χ4v) is 1.19. The number of fused-ring (bicyclic) bond motifs is 1. The highest BCUT2D eigenvalue weighted by molar-refractivity contribution is 8.19. The number of benzene rings is 1. The van der Waals surface area contributed by atoms with Gasteiger partial charge in [-0.25, -0.2) is 4.98 Å². The molecule has 0 N–H and O–H groups in total. The van der Waals surface area contributed by atoms with E-state index in [9.17, 15) is 0 Å². The van der Waals surface area contributed by atoms with Crippen molar-refractivity contribution in [3.05, 3.63) is 24.3 Å². The van der Waals surface area contributed by atoms with E-state index in [4.69, 9.17) is 11.5 Å². The maximum absolute atomic E-state index is 5.27. The summed E-state index contributed by atoms with van der Waals surface area (Å²) in [6.45, 7) is 0. The zero-order chi connectivity index (χ0) is 7.68. The van der Waals surface area contributed by atoms with Gasteiger partial charge in [0.1, 0.15) is 5.52 Å². The van der Waals surface area contributed by atoms with Crippen LogP contribution in [-0.2, 0) is 0 Å². The molecule has 0 unspecified atom stereocenters. The van der Waals surface area contributed by atoms with Crippen molar-refractivity contribution < 1.29 is 4.42 Å². The lowest BCUT2D eigenvalue weighted by atomic mass is 10.3. The van der Waals surface area contributed by atoms with Crippen LogP contribution >= 0.6 is 11.6 Å². The predicted molar refractivity (Wildman–Crippen MR) is 45.6 cm³/mol. The summed E-state index contributed by atoms with van der Waals surface area (Å²) < 4.78 is 5.24. The van der Waals surface area contributed by atoms with E-state index in [0.29, 0.717) is 5.22 Å². The van der Waals surface area contributed by atoms with E-state index in [1.807, 2.05) is 24.3 Å². The normalized spacial score (nSPS) is 10.5. The standard InChI is InChI=1S/C7H4BNOS/c8-11-7-9-5-3-1-2-4-6(5)10-7/h1-4H. The van der Waals surface area contributed by atoms with Crippen LogP contribution in [0.1, 0.15) is 0 Å². The van der Waals surface area contributed by atoms with Crippen LogP contribution < -0.4 is 0 Å². The van der Waals surface area contributed by atoms with Gasteiger partial charge in [0.05, 0.1) is 0 Å². The van der Waals surface area contributed by atoms with E-state index >= 15 is 0 Å². The van der Waals surface area contributed by atoms with Crippen molar-refractivity contribution in [2.45, 2.75) is 5.22 Å². The molecule has 2 radical (unpaired) electrons. The first-order chi connectivity index (χ1) is 5.40. The van der Waals surface area contributed by atoms with Gasteiger partial charge in [-0.15, -0.1) is 11.6 Å². The Labute approximate surface area is 69.3 Å². The van der Waals surface area contributed by atoms with Crippen molar-refractivity contribution in [3.63, 3.8) is 0 Å². The summed E-state index contributed by atoms with van der Waals surface area (Å²) in [7, 11) is 5.27. The maximum Gasteiger partial charge on any atom is 0.244 e. The van der Waals surface area contributed by atoms with E-state index in [2.05, 4.69) is 4.98 Å². The molecule has 0 saturated carbocycles. The first-order valence-corrected chi connectivity index (χ1v) is 4.00. The van der Waals surface area contributed by atoms with Gasteiger partial charge in [0.15, 0.2) is 12.7 Å². The minimum atomic E-state index is 0.506. The molecular weight excluding hydrogens is 157 g/mol. The van der Waals surface area contributed by atoms with Gasteiger partial charge >= 0.3 is 0 Å². The van der Waals surface area contributed by atoms with Gasteiger partial charge in [-0.3, -0.25) is 0 Å². The minimum Gasteiger partial charge on any atom is -0.432 e. The molecule has 0 fully saturated rings. The largest absolute Gasteiger partial charge is 0.432 e. The molecule has 2 aromatic rings. The van der Waals surface area contributed by atoms with Crippen LogP contribution in [0.3, 0.4) is 0 Å². The van der Waals surface area contributed by atoms with Gasteiger partial charge in [-0.05, 0) is 12.1 Å². The van der Waals surface area contributed by atoms with Crippen molar-refractivity contribution >= 4 is 29.8 Å². The summed E-state index contributed by atoms with van der Waals surface area (Å²) in [4.78, 5) is 4.10. The van der Waals surface area contributed by atoms with Crippen LogP contribution in [0.25, 0.3) is 11.1 Å². The second-order valence-electron chi connectivity index (χ2n) is 2.07. The summed E-state index contributed by atoms with van der Waals surface area (Å²) in [6, 6.07) is 7.56. The monoisotopic (exact) mass is 161 g/mol. The molecule has 2 rings (SSSR count). The van der Waals surface area contributed by atoms with Crippen LogP contribution in [0.2, 0.25) is 0 Å². The Hall–Kier alpha value is -0.895. The Morgan fingerprint density at radius 2 is 2.18 bits per heavy atom. The SMILES string of the molecule is [B]Sc1nc2ccccc2o1. The second kappa shape index (κ2) is 2.62. The lowest BCUT2D eigenvalue weighted by Crippen LogP contribution is -1.65. The van der Waals surface area contributed by atoms with Crippen LogP contribution in [0.5, 0.6) is 0 Å². The van der Waals surface area contributed by atoms with Crippen LogP contribution in [-0.4, -0.2) is 12.1 Å². The van der Waals surface area contributed by atoms with Crippen molar-refractivity contribution in [2.75, 3.05) is 0 Å². The molecule has 1 heterocycles. The van der Waals surface area contributed by atoms with E-state index in [0.717, 1.165) is 22.7 Å². The second-order valence-corrected chi connectivity index (χ2v) is 2.65. The lowest BCUT2D eigenvalue weighted by Gasteiger charge is -1.80. The molecule has 2 nitrogen and oxygen atoms in total. The average molecular weight is 161 g/mol. The average Bonchev–Trinajstić information content (AvgIpc) is 2.46. The number of hydrogen-bond acceptors (Lipinski definition) is 3. The Bertz CT molecular complexity index is 340. The zero-order valence-electron chi connectivity index (χ0n) is 5.65. The number of oxazole rings is 1. The molecule has 0 amide bonds. The molecule has 1 aromatic heterocycles. The fourth-order valence-electron chi connectivity index (χ4n) is 0.901. The smallest absolute Gasteiger partial charge is 0.244 e. The Balaban J connectivity index is 2.69. The van der Waals surface area contributed by atoms with E-state index < -0.39 is 0 Å². The first-order valence-electron chi connectivity index (χ1n) is 3.12. The molecule has 11 heavy (non-hydrogen) atoms. The summed E-state index contributed by atoms with van der Waals surface area (Å²) in [5.74, 6) is 0. The third-order valence-corrected chi connectivity index (χ3v) is 1.75. The van der Waals surface area contributed by atoms with Gasteiger partial charge in [0.25, 0.3) is 0 Å². The first kappa shape index (κ1) is 6.79. The number of para-hydroxylation sites is 2. The third kappa shape index (κ3) is 1.14. The molecule has 0 spiro atoms. The quantitative estimate of drug-likeness (QED) is 0.598. The molecule has 0 aliphatic heterocycles. The highest BCUT2D eigenvalue weighted by atomic mass is 32.2. The molecule has 1 aromatic carbocycles. The molecule has 52 valence electrons.